The molecule has 1 N–H and O–H groups in total. The molecule has 4 rings (SSSR count). The van der Waals surface area contributed by atoms with Gasteiger partial charge in [-0.1, -0.05) is 18.2 Å². The van der Waals surface area contributed by atoms with Crippen LogP contribution in [0.5, 0.6) is 5.75 Å². The van der Waals surface area contributed by atoms with Crippen LogP contribution in [0.15, 0.2) is 54.9 Å². The molecular weight excluding hydrogens is 408 g/mol. The average molecular weight is 425 g/mol. The number of nitrogens with zero attached hydrogens (tertiary/aromatic N) is 4. The van der Waals surface area contributed by atoms with Crippen LogP contribution in [0.2, 0.25) is 0 Å². The third kappa shape index (κ3) is 3.87. The number of ether oxygens (including phenoxy) is 1. The Labute approximate surface area is 175 Å². The van der Waals surface area contributed by atoms with Crippen molar-refractivity contribution < 1.29 is 18.4 Å². The first-order valence-corrected chi connectivity index (χ1v) is 9.28. The maximum Gasteiger partial charge on any atom is 0.307 e. The first-order chi connectivity index (χ1) is 15.0. The summed E-state index contributed by atoms with van der Waals surface area (Å²) in [6.07, 6.45) is 3.34. The number of hydrogen-bond acceptors (Lipinski definition) is 6. The Morgan fingerprint density at radius 1 is 1.26 bits per heavy atom. The monoisotopic (exact) mass is 425 g/mol. The molecule has 0 fully saturated rings. The number of aryl methyl sites for hydroxylation is 1. The number of methoxy groups -OCH3 is 1. The maximum absolute atomic E-state index is 13.9. The molecule has 0 aliphatic rings. The van der Waals surface area contributed by atoms with Gasteiger partial charge in [-0.3, -0.25) is 10.1 Å². The van der Waals surface area contributed by atoms with Crippen LogP contribution in [-0.2, 0) is 6.54 Å². The average Bonchev–Trinajstić information content (AvgIpc) is 3.13. The van der Waals surface area contributed by atoms with E-state index < -0.39 is 23.1 Å². The molecule has 0 aliphatic heterocycles. The lowest BCUT2D eigenvalue weighted by molar-refractivity contribution is -0.387. The van der Waals surface area contributed by atoms with Crippen molar-refractivity contribution in [1.82, 2.24) is 14.5 Å². The Hall–Kier alpha value is -4.08. The van der Waals surface area contributed by atoms with E-state index in [0.717, 1.165) is 28.6 Å². The highest BCUT2D eigenvalue weighted by atomic mass is 19.1. The molecule has 0 bridgehead atoms. The molecule has 8 nitrogen and oxygen atoms in total. The number of benzene rings is 2. The summed E-state index contributed by atoms with van der Waals surface area (Å²) < 4.78 is 33.8. The van der Waals surface area contributed by atoms with Crippen LogP contribution >= 0.6 is 0 Å². The maximum atomic E-state index is 13.9. The second-order valence-electron chi connectivity index (χ2n) is 6.59. The third-order valence-corrected chi connectivity index (χ3v) is 4.76. The molecule has 0 saturated heterocycles. The quantitative estimate of drug-likeness (QED) is 0.335. The number of anilines is 2. The minimum absolute atomic E-state index is 0.0663. The molecule has 31 heavy (non-hydrogen) atoms. The molecule has 2 aromatic heterocycles. The van der Waals surface area contributed by atoms with E-state index in [1.807, 2.05) is 35.0 Å². The van der Waals surface area contributed by atoms with Crippen LogP contribution in [0.4, 0.5) is 26.1 Å². The molecule has 0 amide bonds. The van der Waals surface area contributed by atoms with Gasteiger partial charge in [0, 0.05) is 41.0 Å². The van der Waals surface area contributed by atoms with Crippen LogP contribution in [0, 0.1) is 15.9 Å². The van der Waals surface area contributed by atoms with Crippen LogP contribution in [0.1, 0.15) is 0 Å². The largest absolute Gasteiger partial charge is 0.494 e. The van der Waals surface area contributed by atoms with Gasteiger partial charge in [0.2, 0.25) is 11.8 Å². The highest BCUT2D eigenvalue weighted by Crippen LogP contribution is 2.34. The molecule has 0 spiro atoms. The molecule has 2 heterocycles. The van der Waals surface area contributed by atoms with Crippen molar-refractivity contribution in [3.63, 3.8) is 0 Å². The summed E-state index contributed by atoms with van der Waals surface area (Å²) in [6.45, 7) is -0.287. The fourth-order valence-corrected chi connectivity index (χ4v) is 3.37. The molecule has 0 radical (unpaired) electrons. The van der Waals surface area contributed by atoms with E-state index >= 15 is 0 Å². The summed E-state index contributed by atoms with van der Waals surface area (Å²) in [5, 5.41) is 14.8. The van der Waals surface area contributed by atoms with E-state index in [9.17, 15) is 18.9 Å². The lowest BCUT2D eigenvalue weighted by Crippen LogP contribution is -2.02. The number of halogens is 2. The molecule has 0 atom stereocenters. The predicted octanol–water partition coefficient (Wildman–Crippen LogP) is 4.87. The Kier molecular flexibility index (Phi) is 5.44. The minimum Gasteiger partial charge on any atom is -0.494 e. The van der Waals surface area contributed by atoms with Gasteiger partial charge < -0.3 is 14.6 Å². The van der Waals surface area contributed by atoms with Crippen molar-refractivity contribution in [2.24, 2.45) is 0 Å². The number of hydrogen-bond donors (Lipinski definition) is 1. The lowest BCUT2D eigenvalue weighted by atomic mass is 10.1. The first-order valence-electron chi connectivity index (χ1n) is 9.28. The molecule has 10 heteroatoms. The Morgan fingerprint density at radius 3 is 2.81 bits per heavy atom. The van der Waals surface area contributed by atoms with Crippen LogP contribution in [0.25, 0.3) is 22.2 Å². The van der Waals surface area contributed by atoms with Gasteiger partial charge in [-0.05, 0) is 12.1 Å². The van der Waals surface area contributed by atoms with E-state index in [1.54, 1.807) is 6.07 Å². The number of nitro benzene ring substituents is 1. The summed E-state index contributed by atoms with van der Waals surface area (Å²) in [5.74, 6) is -0.807. The van der Waals surface area contributed by atoms with E-state index in [1.165, 1.54) is 13.3 Å². The van der Waals surface area contributed by atoms with Crippen molar-refractivity contribution in [3.05, 3.63) is 70.8 Å². The van der Waals surface area contributed by atoms with Crippen molar-refractivity contribution in [3.8, 4) is 17.0 Å². The Balaban J connectivity index is 1.75. The van der Waals surface area contributed by atoms with E-state index in [0.29, 0.717) is 5.69 Å². The fourth-order valence-electron chi connectivity index (χ4n) is 3.37. The molecule has 158 valence electrons. The van der Waals surface area contributed by atoms with Crippen molar-refractivity contribution in [2.45, 2.75) is 6.54 Å². The number of fused-ring (bicyclic) bond motifs is 1. The normalized spacial score (nSPS) is 10.9. The summed E-state index contributed by atoms with van der Waals surface area (Å²) in [5.41, 5.74) is 1.67. The van der Waals surface area contributed by atoms with Gasteiger partial charge >= 0.3 is 5.69 Å². The Bertz CT molecular complexity index is 1280. The third-order valence-electron chi connectivity index (χ3n) is 4.76. The predicted molar refractivity (Wildman–Crippen MR) is 112 cm³/mol. The molecule has 4 aromatic rings. The van der Waals surface area contributed by atoms with E-state index in [2.05, 4.69) is 15.3 Å². The number of aromatic nitrogens is 3. The van der Waals surface area contributed by atoms with Crippen molar-refractivity contribution >= 4 is 28.2 Å². The molecule has 0 saturated carbocycles. The fraction of sp³-hybridized carbons (Fsp3) is 0.143. The molecule has 2 aromatic carbocycles. The zero-order valence-electron chi connectivity index (χ0n) is 16.4. The molecular formula is C21H17F2N5O3. The summed E-state index contributed by atoms with van der Waals surface area (Å²) in [4.78, 5) is 18.9. The molecule has 0 aliphatic carbocycles. The van der Waals surface area contributed by atoms with Crippen molar-refractivity contribution in [2.75, 3.05) is 19.1 Å². The van der Waals surface area contributed by atoms with Crippen LogP contribution in [-0.4, -0.2) is 33.2 Å². The molecule has 0 unspecified atom stereocenters. The van der Waals surface area contributed by atoms with E-state index in [-0.39, 0.29) is 23.9 Å². The highest BCUT2D eigenvalue weighted by molar-refractivity contribution is 5.95. The number of nitrogens with one attached hydrogen (secondary N) is 1. The Morgan fingerprint density at radius 2 is 2.06 bits per heavy atom. The topological polar surface area (TPSA) is 95.1 Å². The zero-order valence-corrected chi connectivity index (χ0v) is 16.4. The lowest BCUT2D eigenvalue weighted by Gasteiger charge is -2.11. The summed E-state index contributed by atoms with van der Waals surface area (Å²) in [7, 11) is 1.32. The van der Waals surface area contributed by atoms with Crippen molar-refractivity contribution in [1.29, 1.82) is 0 Å². The van der Waals surface area contributed by atoms with Gasteiger partial charge in [0.15, 0.2) is 0 Å². The van der Waals surface area contributed by atoms with Crippen LogP contribution < -0.4 is 10.1 Å². The number of nitro groups is 1. The zero-order chi connectivity index (χ0) is 22.0. The van der Waals surface area contributed by atoms with Gasteiger partial charge in [-0.15, -0.1) is 0 Å². The van der Waals surface area contributed by atoms with Gasteiger partial charge in [-0.25, -0.2) is 14.4 Å². The summed E-state index contributed by atoms with van der Waals surface area (Å²) in [6, 6.07) is 11.2. The van der Waals surface area contributed by atoms with Gasteiger partial charge in [-0.2, -0.15) is 4.39 Å². The van der Waals surface area contributed by atoms with Gasteiger partial charge in [0.05, 0.1) is 30.0 Å². The minimum atomic E-state index is -1.01. The van der Waals surface area contributed by atoms with E-state index in [4.69, 9.17) is 4.74 Å². The number of rotatable bonds is 7. The van der Waals surface area contributed by atoms with Gasteiger partial charge in [0.25, 0.3) is 0 Å². The first kappa shape index (κ1) is 20.2. The SMILES string of the molecule is COc1cc(F)c([N+](=O)[O-])cc1Nc1nccc(-c2cn(CCF)c3ccccc23)n1. The van der Waals surface area contributed by atoms with Gasteiger partial charge in [0.1, 0.15) is 12.4 Å². The van der Waals surface area contributed by atoms with Crippen LogP contribution in [0.3, 0.4) is 0 Å². The standard InChI is InChI=1S/C21H17F2N5O3/c1-31-20-10-15(23)19(28(29)30)11-17(20)26-21-24-8-6-16(25-21)14-12-27(9-7-22)18-5-3-2-4-13(14)18/h2-6,8,10-12H,7,9H2,1H3,(H,24,25,26). The number of alkyl halides is 1. The second kappa shape index (κ2) is 8.34. The summed E-state index contributed by atoms with van der Waals surface area (Å²) >= 11 is 0. The number of para-hydroxylation sites is 1. The second-order valence-corrected chi connectivity index (χ2v) is 6.59. The highest BCUT2D eigenvalue weighted by Gasteiger charge is 2.20. The smallest absolute Gasteiger partial charge is 0.307 e.